The summed E-state index contributed by atoms with van der Waals surface area (Å²) in [5, 5.41) is 5.12. The van der Waals surface area contributed by atoms with Gasteiger partial charge in [0, 0.05) is 12.8 Å². The number of ether oxygens (including phenoxy) is 4. The number of hydrogen-bond acceptors (Lipinski definition) is 10. The lowest BCUT2D eigenvalue weighted by atomic mass is 9.86. The zero-order valence-corrected chi connectivity index (χ0v) is 38.9. The Balaban J connectivity index is 0.000000445. The second-order valence-electron chi connectivity index (χ2n) is 17.8. The predicted octanol–water partition coefficient (Wildman–Crippen LogP) is 9.52. The molecule has 0 spiro atoms. The van der Waals surface area contributed by atoms with Crippen LogP contribution in [0.4, 0.5) is 4.39 Å². The molecule has 2 amide bonds. The van der Waals surface area contributed by atoms with Crippen LogP contribution in [0.3, 0.4) is 0 Å². The smallest absolute Gasteiger partial charge is 0.328 e. The van der Waals surface area contributed by atoms with Gasteiger partial charge in [-0.15, -0.1) is 6.58 Å². The molecule has 0 bridgehead atoms. The number of benzene rings is 1. The molecule has 8 atom stereocenters. The zero-order valence-electron chi connectivity index (χ0n) is 38.9. The van der Waals surface area contributed by atoms with E-state index in [9.17, 15) is 33.2 Å². The van der Waals surface area contributed by atoms with Crippen molar-refractivity contribution in [3.05, 3.63) is 54.4 Å². The summed E-state index contributed by atoms with van der Waals surface area (Å²) < 4.78 is 35.4. The fourth-order valence-electron chi connectivity index (χ4n) is 7.82. The Labute approximate surface area is 376 Å². The van der Waals surface area contributed by atoms with E-state index >= 15 is 0 Å². The second kappa shape index (κ2) is 31.3. The topological polar surface area (TPSA) is 163 Å². The number of carbonyl (C=O) groups excluding carboxylic acids is 6. The predicted molar refractivity (Wildman–Crippen MR) is 242 cm³/mol. The van der Waals surface area contributed by atoms with Gasteiger partial charge >= 0.3 is 23.9 Å². The summed E-state index contributed by atoms with van der Waals surface area (Å²) in [6, 6.07) is 4.84. The molecule has 2 aliphatic heterocycles. The van der Waals surface area contributed by atoms with Gasteiger partial charge in [0.1, 0.15) is 42.3 Å². The molecule has 2 heterocycles. The van der Waals surface area contributed by atoms with Crippen molar-refractivity contribution in [2.24, 2.45) is 23.7 Å². The highest BCUT2D eigenvalue weighted by Gasteiger charge is 2.44. The summed E-state index contributed by atoms with van der Waals surface area (Å²) in [6.07, 6.45) is 20.3. The maximum atomic E-state index is 13.1. The van der Waals surface area contributed by atoms with E-state index in [1.807, 2.05) is 39.8 Å². The van der Waals surface area contributed by atoms with Crippen LogP contribution in [-0.2, 0) is 47.7 Å². The van der Waals surface area contributed by atoms with E-state index in [2.05, 4.69) is 31.1 Å². The van der Waals surface area contributed by atoms with E-state index in [-0.39, 0.29) is 59.7 Å². The van der Waals surface area contributed by atoms with Crippen LogP contribution in [0.15, 0.2) is 43.0 Å². The molecule has 2 N–H and O–H groups in total. The van der Waals surface area contributed by atoms with Gasteiger partial charge in [0.05, 0.1) is 11.8 Å². The van der Waals surface area contributed by atoms with Gasteiger partial charge in [0.2, 0.25) is 12.8 Å². The van der Waals surface area contributed by atoms with Crippen LogP contribution in [0.25, 0.3) is 6.08 Å². The summed E-state index contributed by atoms with van der Waals surface area (Å²) in [5.74, 6) is -1.29. The number of amides is 2. The molecule has 1 aromatic rings. The van der Waals surface area contributed by atoms with Crippen molar-refractivity contribution in [2.75, 3.05) is 0 Å². The number of allylic oxidation sites excluding steroid dienone is 2. The number of esters is 4. The molecule has 13 heteroatoms. The highest BCUT2D eigenvalue weighted by molar-refractivity contribution is 5.80. The Hall–Kier alpha value is -4.55. The van der Waals surface area contributed by atoms with Crippen LogP contribution >= 0.6 is 0 Å². The largest absolute Gasteiger partial charge is 0.461 e. The van der Waals surface area contributed by atoms with Crippen molar-refractivity contribution in [2.45, 2.75) is 194 Å². The third kappa shape index (κ3) is 21.6. The average Bonchev–Trinajstić information content (AvgIpc) is 3.23. The maximum Gasteiger partial charge on any atom is 0.328 e. The van der Waals surface area contributed by atoms with Crippen LogP contribution in [0, 0.1) is 29.5 Å². The summed E-state index contributed by atoms with van der Waals surface area (Å²) >= 11 is 0. The second-order valence-corrected chi connectivity index (χ2v) is 17.8. The van der Waals surface area contributed by atoms with Crippen LogP contribution in [0.1, 0.15) is 163 Å². The number of hydrogen-bond donors (Lipinski definition) is 2. The van der Waals surface area contributed by atoms with Crippen LogP contribution in [-0.4, -0.2) is 73.2 Å². The van der Waals surface area contributed by atoms with Crippen LogP contribution < -0.4 is 10.6 Å². The Morgan fingerprint density at radius 3 is 1.54 bits per heavy atom. The van der Waals surface area contributed by atoms with E-state index in [0.717, 1.165) is 63.4 Å². The van der Waals surface area contributed by atoms with Gasteiger partial charge in [-0.05, 0) is 80.9 Å². The van der Waals surface area contributed by atoms with Gasteiger partial charge < -0.3 is 29.6 Å². The van der Waals surface area contributed by atoms with Crippen molar-refractivity contribution in [1.82, 2.24) is 10.6 Å². The first-order valence-electron chi connectivity index (χ1n) is 23.5. The summed E-state index contributed by atoms with van der Waals surface area (Å²) in [6.45, 7) is 16.0. The fourth-order valence-corrected chi connectivity index (χ4v) is 7.82. The normalized spacial score (nSPS) is 19.8. The maximum absolute atomic E-state index is 13.1. The van der Waals surface area contributed by atoms with Crippen molar-refractivity contribution in [3.63, 3.8) is 0 Å². The third-order valence-corrected chi connectivity index (χ3v) is 11.4. The van der Waals surface area contributed by atoms with Gasteiger partial charge in [-0.25, -0.2) is 14.0 Å². The molecule has 12 nitrogen and oxygen atoms in total. The molecule has 1 aromatic carbocycles. The van der Waals surface area contributed by atoms with E-state index in [4.69, 9.17) is 18.9 Å². The minimum absolute atomic E-state index is 0.0960. The highest BCUT2D eigenvalue weighted by atomic mass is 19.1. The Kier molecular flexibility index (Phi) is 27.1. The Morgan fingerprint density at radius 2 is 1.16 bits per heavy atom. The van der Waals surface area contributed by atoms with E-state index in [1.165, 1.54) is 18.6 Å². The first-order chi connectivity index (χ1) is 30.3. The number of nitrogens with one attached hydrogen (secondary N) is 2. The summed E-state index contributed by atoms with van der Waals surface area (Å²) in [4.78, 5) is 71.1. The fraction of sp³-hybridized carbons (Fsp3) is 0.680. The molecular formula is C50H77FN2O10. The molecule has 2 aliphatic rings. The highest BCUT2D eigenvalue weighted by Crippen LogP contribution is 2.34. The SMILES string of the molecule is C=CCC[C@@H](C[C@@H]1OC(=O)[C@H]1CCCCCC)OC(=O)[C@H](CC(C)C)NC=O.CCCCCC[C@@H]1C(=O)O[C@H]1C[C@H](CC/C=C/c1ccc(F)cc1)OC(=O)[C@H](CC(C)C)NC=O. The molecule has 0 saturated carbocycles. The van der Waals surface area contributed by atoms with Crippen molar-refractivity contribution in [3.8, 4) is 0 Å². The average molecular weight is 885 g/mol. The van der Waals surface area contributed by atoms with Crippen molar-refractivity contribution >= 4 is 42.8 Å². The minimum Gasteiger partial charge on any atom is -0.461 e. The zero-order chi connectivity index (χ0) is 46.6. The van der Waals surface area contributed by atoms with Crippen LogP contribution in [0.5, 0.6) is 0 Å². The number of unbranched alkanes of at least 4 members (excludes halogenated alkanes) is 6. The molecule has 2 fully saturated rings. The van der Waals surface area contributed by atoms with Crippen LogP contribution in [0.2, 0.25) is 0 Å². The third-order valence-electron chi connectivity index (χ3n) is 11.4. The monoisotopic (exact) mass is 885 g/mol. The molecule has 2 saturated heterocycles. The molecule has 0 unspecified atom stereocenters. The Morgan fingerprint density at radius 1 is 0.714 bits per heavy atom. The van der Waals surface area contributed by atoms with E-state index < -0.39 is 30.1 Å². The molecule has 354 valence electrons. The first kappa shape index (κ1) is 54.6. The molecule has 0 aromatic heterocycles. The summed E-state index contributed by atoms with van der Waals surface area (Å²) in [5.41, 5.74) is 0.882. The number of halogens is 1. The standard InChI is InChI=1S/C28H40FNO5.C22H37NO5/c1-4-5-6-7-12-24-26(35-27(24)32)18-23(34-28(33)25(30-19-31)17-20(2)3)11-9-8-10-21-13-15-22(29)16-14-21;1-5-7-9-10-12-18-20(28-21(18)25)14-17(11-8-6-2)27-22(26)19(23-15-24)13-16(3)4/h8,10,13-16,19-20,23-26H,4-7,9,11-12,17-18H2,1-3H3,(H,30,31);6,15-20H,2,5,7-14H2,1,3-4H3,(H,23,24)/b10-8+;/t23-,24-,25-,26-;17-,18-,19-,20-/m00/s1. The lowest BCUT2D eigenvalue weighted by molar-refractivity contribution is -0.191. The van der Waals surface area contributed by atoms with Gasteiger partial charge in [-0.3, -0.25) is 19.2 Å². The number of rotatable bonds is 33. The van der Waals surface area contributed by atoms with Gasteiger partial charge in [0.25, 0.3) is 0 Å². The quantitative estimate of drug-likeness (QED) is 0.0229. The van der Waals surface area contributed by atoms with E-state index in [1.54, 1.807) is 18.2 Å². The Bertz CT molecular complexity index is 1550. The van der Waals surface area contributed by atoms with Gasteiger partial charge in [-0.2, -0.15) is 0 Å². The van der Waals surface area contributed by atoms with Gasteiger partial charge in [-0.1, -0.05) is 123 Å². The molecule has 0 radical (unpaired) electrons. The van der Waals surface area contributed by atoms with E-state index in [0.29, 0.717) is 64.2 Å². The van der Waals surface area contributed by atoms with Crippen molar-refractivity contribution in [1.29, 1.82) is 0 Å². The molecule has 0 aliphatic carbocycles. The number of cyclic esters (lactones) is 2. The van der Waals surface area contributed by atoms with Gasteiger partial charge in [0.15, 0.2) is 0 Å². The van der Waals surface area contributed by atoms with Crippen molar-refractivity contribution < 1.29 is 52.1 Å². The number of carbonyl (C=O) groups is 6. The molecular weight excluding hydrogens is 808 g/mol. The minimum atomic E-state index is -0.710. The summed E-state index contributed by atoms with van der Waals surface area (Å²) in [7, 11) is 0. The lowest BCUT2D eigenvalue weighted by Crippen LogP contribution is -2.48. The first-order valence-corrected chi connectivity index (χ1v) is 23.5. The lowest BCUT2D eigenvalue weighted by Gasteiger charge is -2.37. The molecule has 3 rings (SSSR count). The molecule has 63 heavy (non-hydrogen) atoms.